The van der Waals surface area contributed by atoms with Gasteiger partial charge < -0.3 is 0 Å². The molecule has 0 aromatic carbocycles. The molecule has 3 aliphatic rings. The first kappa shape index (κ1) is 9.93. The second-order valence-corrected chi connectivity index (χ2v) is 6.90. The number of allylic oxidation sites excluding steroid dienone is 2. The van der Waals surface area contributed by atoms with E-state index in [1.54, 1.807) is 5.57 Å². The van der Waals surface area contributed by atoms with Gasteiger partial charge in [-0.15, -0.1) is 0 Å². The van der Waals surface area contributed by atoms with E-state index in [0.717, 1.165) is 35.0 Å². The van der Waals surface area contributed by atoms with Crippen molar-refractivity contribution in [1.82, 2.24) is 0 Å². The Balaban J connectivity index is 1.92. The summed E-state index contributed by atoms with van der Waals surface area (Å²) in [6.45, 7) is 9.78. The van der Waals surface area contributed by atoms with E-state index in [4.69, 9.17) is 0 Å². The molecular weight excluding hydrogens is 180 g/mol. The SMILES string of the molecule is CC1=CC[C@@H]2[C@H](C1)[C@H](C(C)C)[C@H]1C[C@@]21C. The zero-order valence-corrected chi connectivity index (χ0v) is 10.6. The van der Waals surface area contributed by atoms with Crippen LogP contribution in [0.25, 0.3) is 0 Å². The van der Waals surface area contributed by atoms with E-state index in [9.17, 15) is 0 Å². The van der Waals surface area contributed by atoms with Crippen LogP contribution in [0, 0.1) is 35.0 Å². The maximum Gasteiger partial charge on any atom is -0.0257 e. The van der Waals surface area contributed by atoms with Crippen molar-refractivity contribution in [2.75, 3.05) is 0 Å². The van der Waals surface area contributed by atoms with Crippen molar-refractivity contribution in [2.45, 2.75) is 47.0 Å². The lowest BCUT2D eigenvalue weighted by Gasteiger charge is -2.35. The molecule has 0 heterocycles. The monoisotopic (exact) mass is 204 g/mol. The molecule has 0 aromatic rings. The van der Waals surface area contributed by atoms with Crippen LogP contribution < -0.4 is 0 Å². The third-order valence-corrected chi connectivity index (χ3v) is 5.72. The molecule has 84 valence electrons. The highest BCUT2D eigenvalue weighted by molar-refractivity contribution is 5.21. The average Bonchev–Trinajstić information content (AvgIpc) is 2.72. The van der Waals surface area contributed by atoms with E-state index >= 15 is 0 Å². The number of rotatable bonds is 1. The number of fused-ring (bicyclic) bond motifs is 3. The van der Waals surface area contributed by atoms with E-state index in [1.807, 2.05) is 0 Å². The van der Waals surface area contributed by atoms with Gasteiger partial charge in [-0.25, -0.2) is 0 Å². The highest BCUT2D eigenvalue weighted by Gasteiger charge is 2.67. The Morgan fingerprint density at radius 1 is 1.33 bits per heavy atom. The standard InChI is InChI=1S/C15H24/c1-9(2)14-11-7-10(3)5-6-12(11)15(4)8-13(14)15/h5,9,11-14H,6-8H2,1-4H3/t11-,12+,13+,14-,15-/m0/s1. The fourth-order valence-corrected chi connectivity index (χ4v) is 4.94. The topological polar surface area (TPSA) is 0 Å². The minimum Gasteiger partial charge on any atom is -0.0853 e. The average molecular weight is 204 g/mol. The molecular formula is C15H24. The summed E-state index contributed by atoms with van der Waals surface area (Å²) in [4.78, 5) is 0. The molecule has 0 aliphatic heterocycles. The fourth-order valence-electron chi connectivity index (χ4n) is 4.94. The number of hydrogen-bond donors (Lipinski definition) is 0. The van der Waals surface area contributed by atoms with Crippen molar-refractivity contribution in [3.63, 3.8) is 0 Å². The first-order valence-electron chi connectivity index (χ1n) is 6.69. The molecule has 0 unspecified atom stereocenters. The van der Waals surface area contributed by atoms with Gasteiger partial charge in [-0.2, -0.15) is 0 Å². The van der Waals surface area contributed by atoms with E-state index in [2.05, 4.69) is 33.8 Å². The van der Waals surface area contributed by atoms with Crippen LogP contribution in [0.4, 0.5) is 0 Å². The summed E-state index contributed by atoms with van der Waals surface area (Å²) in [6.07, 6.45) is 6.83. The first-order valence-corrected chi connectivity index (χ1v) is 6.69. The smallest absolute Gasteiger partial charge is 0.0257 e. The van der Waals surface area contributed by atoms with Gasteiger partial charge in [-0.1, -0.05) is 32.4 Å². The Bertz CT molecular complexity index is 312. The molecule has 15 heavy (non-hydrogen) atoms. The van der Waals surface area contributed by atoms with Crippen molar-refractivity contribution in [1.29, 1.82) is 0 Å². The van der Waals surface area contributed by atoms with Gasteiger partial charge in [0.05, 0.1) is 0 Å². The van der Waals surface area contributed by atoms with Crippen molar-refractivity contribution in [2.24, 2.45) is 35.0 Å². The lowest BCUT2D eigenvalue weighted by Crippen LogP contribution is -2.27. The molecule has 0 spiro atoms. The first-order chi connectivity index (χ1) is 7.04. The van der Waals surface area contributed by atoms with Crippen LogP contribution in [-0.2, 0) is 0 Å². The zero-order valence-electron chi connectivity index (χ0n) is 10.6. The van der Waals surface area contributed by atoms with Gasteiger partial charge >= 0.3 is 0 Å². The lowest BCUT2D eigenvalue weighted by molar-refractivity contribution is 0.183. The summed E-state index contributed by atoms with van der Waals surface area (Å²) in [7, 11) is 0. The minimum absolute atomic E-state index is 0.747. The third kappa shape index (κ3) is 1.20. The summed E-state index contributed by atoms with van der Waals surface area (Å²) in [5.74, 6) is 5.06. The molecule has 0 aromatic heterocycles. The predicted octanol–water partition coefficient (Wildman–Crippen LogP) is 4.27. The molecule has 0 radical (unpaired) electrons. The molecule has 0 N–H and O–H groups in total. The highest BCUT2D eigenvalue weighted by atomic mass is 14.7. The maximum absolute atomic E-state index is 2.56. The molecule has 0 heteroatoms. The molecule has 2 fully saturated rings. The van der Waals surface area contributed by atoms with Crippen LogP contribution >= 0.6 is 0 Å². The quantitative estimate of drug-likeness (QED) is 0.559. The van der Waals surface area contributed by atoms with Gasteiger partial charge in [0, 0.05) is 0 Å². The highest BCUT2D eigenvalue weighted by Crippen LogP contribution is 2.74. The van der Waals surface area contributed by atoms with Crippen LogP contribution in [-0.4, -0.2) is 0 Å². The summed E-state index contributed by atoms with van der Waals surface area (Å²) >= 11 is 0. The van der Waals surface area contributed by atoms with Gasteiger partial charge in [0.25, 0.3) is 0 Å². The van der Waals surface area contributed by atoms with E-state index < -0.39 is 0 Å². The van der Waals surface area contributed by atoms with Gasteiger partial charge in [0.15, 0.2) is 0 Å². The predicted molar refractivity (Wildman–Crippen MR) is 64.5 cm³/mol. The Morgan fingerprint density at radius 2 is 2.07 bits per heavy atom. The van der Waals surface area contributed by atoms with Gasteiger partial charge in [-0.05, 0) is 61.2 Å². The second kappa shape index (κ2) is 2.90. The molecule has 0 amide bonds. The minimum atomic E-state index is 0.747. The Morgan fingerprint density at radius 3 is 2.73 bits per heavy atom. The van der Waals surface area contributed by atoms with E-state index in [-0.39, 0.29) is 0 Å². The zero-order chi connectivity index (χ0) is 10.8. The van der Waals surface area contributed by atoms with Crippen LogP contribution in [0.15, 0.2) is 11.6 Å². The molecule has 3 rings (SSSR count). The summed E-state index contributed by atoms with van der Waals surface area (Å²) < 4.78 is 0. The maximum atomic E-state index is 2.56. The normalized spacial score (nSPS) is 52.5. The molecule has 0 nitrogen and oxygen atoms in total. The van der Waals surface area contributed by atoms with Crippen molar-refractivity contribution in [3.05, 3.63) is 11.6 Å². The van der Waals surface area contributed by atoms with Crippen LogP contribution in [0.5, 0.6) is 0 Å². The third-order valence-electron chi connectivity index (χ3n) is 5.72. The Kier molecular flexibility index (Phi) is 1.92. The largest absolute Gasteiger partial charge is 0.0853 e. The summed E-state index contributed by atoms with van der Waals surface area (Å²) in [5.41, 5.74) is 2.41. The molecule has 0 saturated heterocycles. The van der Waals surface area contributed by atoms with Crippen LogP contribution in [0.2, 0.25) is 0 Å². The van der Waals surface area contributed by atoms with Gasteiger partial charge in [0.1, 0.15) is 0 Å². The summed E-state index contributed by atoms with van der Waals surface area (Å²) in [5, 5.41) is 0. The summed E-state index contributed by atoms with van der Waals surface area (Å²) in [6, 6.07) is 0. The van der Waals surface area contributed by atoms with Crippen LogP contribution in [0.1, 0.15) is 47.0 Å². The lowest BCUT2D eigenvalue weighted by atomic mass is 9.70. The Hall–Kier alpha value is -0.260. The second-order valence-electron chi connectivity index (χ2n) is 6.90. The Labute approximate surface area is 94.1 Å². The van der Waals surface area contributed by atoms with Gasteiger partial charge in [0.2, 0.25) is 0 Å². The molecule has 3 aliphatic carbocycles. The molecule has 2 saturated carbocycles. The van der Waals surface area contributed by atoms with E-state index in [1.165, 1.54) is 19.3 Å². The molecule has 0 bridgehead atoms. The van der Waals surface area contributed by atoms with Gasteiger partial charge in [-0.3, -0.25) is 0 Å². The number of hydrogen-bond acceptors (Lipinski definition) is 0. The fraction of sp³-hybridized carbons (Fsp3) is 0.867. The van der Waals surface area contributed by atoms with Crippen molar-refractivity contribution < 1.29 is 0 Å². The van der Waals surface area contributed by atoms with Crippen LogP contribution in [0.3, 0.4) is 0 Å². The van der Waals surface area contributed by atoms with E-state index in [0.29, 0.717) is 0 Å². The molecule has 5 atom stereocenters. The van der Waals surface area contributed by atoms with Crippen molar-refractivity contribution in [3.8, 4) is 0 Å². The van der Waals surface area contributed by atoms with Crippen molar-refractivity contribution >= 4 is 0 Å².